The van der Waals surface area contributed by atoms with Gasteiger partial charge >= 0.3 is 0 Å². The fourth-order valence-electron chi connectivity index (χ4n) is 2.28. The summed E-state index contributed by atoms with van der Waals surface area (Å²) in [5.74, 6) is 1.57. The van der Waals surface area contributed by atoms with E-state index >= 15 is 0 Å². The molecule has 3 rings (SSSR count). The van der Waals surface area contributed by atoms with Crippen LogP contribution in [0.25, 0.3) is 5.52 Å². The maximum atomic E-state index is 10.8. The van der Waals surface area contributed by atoms with Gasteiger partial charge in [-0.3, -0.25) is 4.79 Å². The summed E-state index contributed by atoms with van der Waals surface area (Å²) >= 11 is 0. The highest BCUT2D eigenvalue weighted by Crippen LogP contribution is 2.18. The number of nitrogens with zero attached hydrogens (tertiary/aromatic N) is 2. The fraction of sp³-hybridized carbons (Fsp3) is 0.385. The molecule has 0 aliphatic carbocycles. The number of carbonyl (C=O) groups excluding carboxylic acids is 1. The number of hydrogen-bond acceptors (Lipinski definition) is 3. The average Bonchev–Trinajstić information content (AvgIpc) is 2.99. The molecule has 4 heteroatoms. The minimum absolute atomic E-state index is 0.556. The summed E-state index contributed by atoms with van der Waals surface area (Å²) in [4.78, 5) is 15.2. The lowest BCUT2D eigenvalue weighted by atomic mass is 10.1. The van der Waals surface area contributed by atoms with Crippen LogP contribution in [-0.4, -0.2) is 28.9 Å². The monoisotopic (exact) mass is 230 g/mol. The van der Waals surface area contributed by atoms with Crippen LogP contribution in [0.4, 0.5) is 0 Å². The predicted molar refractivity (Wildman–Crippen MR) is 63.2 cm³/mol. The van der Waals surface area contributed by atoms with Crippen LogP contribution >= 0.6 is 0 Å². The van der Waals surface area contributed by atoms with Crippen molar-refractivity contribution in [1.82, 2.24) is 9.38 Å². The molecule has 1 saturated heterocycles. The van der Waals surface area contributed by atoms with E-state index in [4.69, 9.17) is 4.74 Å². The number of fused-ring (bicyclic) bond motifs is 1. The van der Waals surface area contributed by atoms with Gasteiger partial charge in [-0.05, 0) is 24.5 Å². The van der Waals surface area contributed by atoms with E-state index in [0.717, 1.165) is 43.7 Å². The molecule has 1 atom stereocenters. The van der Waals surface area contributed by atoms with Gasteiger partial charge in [0.15, 0.2) is 6.29 Å². The number of aromatic nitrogens is 2. The van der Waals surface area contributed by atoms with Gasteiger partial charge in [-0.2, -0.15) is 0 Å². The van der Waals surface area contributed by atoms with E-state index in [-0.39, 0.29) is 0 Å². The van der Waals surface area contributed by atoms with Crippen molar-refractivity contribution >= 4 is 11.8 Å². The van der Waals surface area contributed by atoms with Crippen LogP contribution in [0, 0.1) is 5.92 Å². The Bertz CT molecular complexity index is 541. The predicted octanol–water partition coefficient (Wildman–Crippen LogP) is 1.73. The largest absolute Gasteiger partial charge is 0.381 e. The molecule has 3 heterocycles. The van der Waals surface area contributed by atoms with Gasteiger partial charge in [-0.1, -0.05) is 0 Å². The molecule has 0 saturated carbocycles. The van der Waals surface area contributed by atoms with Crippen LogP contribution in [-0.2, 0) is 11.2 Å². The quantitative estimate of drug-likeness (QED) is 0.754. The van der Waals surface area contributed by atoms with Crippen LogP contribution in [0.15, 0.2) is 24.5 Å². The third-order valence-corrected chi connectivity index (χ3v) is 3.26. The molecule has 4 nitrogen and oxygen atoms in total. The molecule has 17 heavy (non-hydrogen) atoms. The van der Waals surface area contributed by atoms with Crippen molar-refractivity contribution in [1.29, 1.82) is 0 Å². The molecule has 2 aromatic rings. The zero-order chi connectivity index (χ0) is 11.7. The molecule has 0 bridgehead atoms. The SMILES string of the molecule is O=Cc1ccc2cnc(CC3CCOC3)n2c1. The van der Waals surface area contributed by atoms with Crippen LogP contribution in [0.2, 0.25) is 0 Å². The third-order valence-electron chi connectivity index (χ3n) is 3.26. The van der Waals surface area contributed by atoms with E-state index in [1.165, 1.54) is 0 Å². The van der Waals surface area contributed by atoms with Gasteiger partial charge in [0.1, 0.15) is 5.82 Å². The average molecular weight is 230 g/mol. The van der Waals surface area contributed by atoms with Crippen LogP contribution in [0.1, 0.15) is 22.6 Å². The van der Waals surface area contributed by atoms with E-state index < -0.39 is 0 Å². The lowest BCUT2D eigenvalue weighted by molar-refractivity contribution is 0.112. The van der Waals surface area contributed by atoms with E-state index in [1.807, 2.05) is 28.9 Å². The van der Waals surface area contributed by atoms with E-state index in [9.17, 15) is 4.79 Å². The van der Waals surface area contributed by atoms with Gasteiger partial charge in [0.2, 0.25) is 0 Å². The molecule has 88 valence electrons. The molecule has 0 N–H and O–H groups in total. The Balaban J connectivity index is 1.94. The van der Waals surface area contributed by atoms with Gasteiger partial charge in [-0.15, -0.1) is 0 Å². The molecule has 0 amide bonds. The summed E-state index contributed by atoms with van der Waals surface area (Å²) in [6.45, 7) is 1.68. The van der Waals surface area contributed by atoms with Gasteiger partial charge < -0.3 is 9.14 Å². The van der Waals surface area contributed by atoms with Crippen molar-refractivity contribution in [3.63, 3.8) is 0 Å². The number of imidazole rings is 1. The summed E-state index contributed by atoms with van der Waals surface area (Å²) in [7, 11) is 0. The van der Waals surface area contributed by atoms with Crippen LogP contribution in [0.5, 0.6) is 0 Å². The van der Waals surface area contributed by atoms with Crippen molar-refractivity contribution in [3.8, 4) is 0 Å². The van der Waals surface area contributed by atoms with Crippen molar-refractivity contribution in [2.75, 3.05) is 13.2 Å². The zero-order valence-corrected chi connectivity index (χ0v) is 9.50. The third kappa shape index (κ3) is 1.96. The Morgan fingerprint density at radius 1 is 1.53 bits per heavy atom. The van der Waals surface area contributed by atoms with E-state index in [0.29, 0.717) is 11.5 Å². The number of hydrogen-bond donors (Lipinski definition) is 0. The topological polar surface area (TPSA) is 43.6 Å². The summed E-state index contributed by atoms with van der Waals surface area (Å²) in [6, 6.07) is 3.73. The normalized spacial score (nSPS) is 19.9. The Hall–Kier alpha value is -1.68. The second-order valence-electron chi connectivity index (χ2n) is 4.48. The molecule has 1 fully saturated rings. The Morgan fingerprint density at radius 2 is 2.47 bits per heavy atom. The highest BCUT2D eigenvalue weighted by Gasteiger charge is 2.18. The number of pyridine rings is 1. The summed E-state index contributed by atoms with van der Waals surface area (Å²) in [6.07, 6.45) is 6.57. The molecule has 0 aromatic carbocycles. The standard InChI is InChI=1S/C13H14N2O2/c16-8-11-1-2-12-6-14-13(15(12)7-11)5-10-3-4-17-9-10/h1-2,6-8,10H,3-5,9H2. The fourth-order valence-corrected chi connectivity index (χ4v) is 2.28. The molecular formula is C13H14N2O2. The molecule has 1 aliphatic rings. The first-order valence-corrected chi connectivity index (χ1v) is 5.86. The Morgan fingerprint density at radius 3 is 3.24 bits per heavy atom. The van der Waals surface area contributed by atoms with Gasteiger partial charge in [-0.25, -0.2) is 4.98 Å². The van der Waals surface area contributed by atoms with Crippen molar-refractivity contribution in [3.05, 3.63) is 35.9 Å². The lowest BCUT2D eigenvalue weighted by Crippen LogP contribution is -2.07. The van der Waals surface area contributed by atoms with Crippen LogP contribution in [0.3, 0.4) is 0 Å². The molecule has 2 aromatic heterocycles. The first-order chi connectivity index (χ1) is 8.36. The number of ether oxygens (including phenoxy) is 1. The molecule has 0 spiro atoms. The maximum absolute atomic E-state index is 10.8. The summed E-state index contributed by atoms with van der Waals surface area (Å²) < 4.78 is 7.37. The number of rotatable bonds is 3. The second-order valence-corrected chi connectivity index (χ2v) is 4.48. The molecule has 0 radical (unpaired) electrons. The lowest BCUT2D eigenvalue weighted by Gasteiger charge is -2.06. The molecular weight excluding hydrogens is 216 g/mol. The van der Waals surface area contributed by atoms with E-state index in [1.54, 1.807) is 0 Å². The zero-order valence-electron chi connectivity index (χ0n) is 9.50. The second kappa shape index (κ2) is 4.30. The van der Waals surface area contributed by atoms with Gasteiger partial charge in [0, 0.05) is 31.4 Å². The Labute approximate surface area is 99.2 Å². The van der Waals surface area contributed by atoms with E-state index in [2.05, 4.69) is 4.98 Å². The summed E-state index contributed by atoms with van der Waals surface area (Å²) in [5, 5.41) is 0. The number of carbonyl (C=O) groups is 1. The smallest absolute Gasteiger partial charge is 0.151 e. The number of aldehydes is 1. The van der Waals surface area contributed by atoms with Gasteiger partial charge in [0.25, 0.3) is 0 Å². The van der Waals surface area contributed by atoms with Gasteiger partial charge in [0.05, 0.1) is 11.7 Å². The first kappa shape index (κ1) is 10.5. The van der Waals surface area contributed by atoms with Crippen LogP contribution < -0.4 is 0 Å². The van der Waals surface area contributed by atoms with Crippen molar-refractivity contribution in [2.45, 2.75) is 12.8 Å². The molecule has 1 unspecified atom stereocenters. The minimum atomic E-state index is 0.556. The summed E-state index contributed by atoms with van der Waals surface area (Å²) in [5.41, 5.74) is 1.71. The minimum Gasteiger partial charge on any atom is -0.381 e. The van der Waals surface area contributed by atoms with Crippen molar-refractivity contribution < 1.29 is 9.53 Å². The molecule has 1 aliphatic heterocycles. The maximum Gasteiger partial charge on any atom is 0.151 e. The van der Waals surface area contributed by atoms with Crippen molar-refractivity contribution in [2.24, 2.45) is 5.92 Å². The first-order valence-electron chi connectivity index (χ1n) is 5.86. The highest BCUT2D eigenvalue weighted by atomic mass is 16.5. The highest BCUT2D eigenvalue weighted by molar-refractivity contribution is 5.75. The Kier molecular flexibility index (Phi) is 2.65.